The third-order valence-electron chi connectivity index (χ3n) is 4.33. The van der Waals surface area contributed by atoms with Crippen molar-refractivity contribution in [2.75, 3.05) is 0 Å². The Labute approximate surface area is 172 Å². The number of ether oxygens (including phenoxy) is 1. The first kappa shape index (κ1) is 20.1. The Morgan fingerprint density at radius 3 is 2.42 bits per heavy atom. The number of halogens is 3. The molecular formula is C21H11F3N2O5. The van der Waals surface area contributed by atoms with Gasteiger partial charge in [-0.25, -0.2) is 9.79 Å². The van der Waals surface area contributed by atoms with Crippen LogP contribution in [0.5, 0.6) is 0 Å². The summed E-state index contributed by atoms with van der Waals surface area (Å²) in [6.45, 7) is 0. The second-order valence-corrected chi connectivity index (χ2v) is 6.42. The highest BCUT2D eigenvalue weighted by molar-refractivity contribution is 6.12. The van der Waals surface area contributed by atoms with Crippen LogP contribution < -0.4 is 0 Å². The molecule has 0 N–H and O–H groups in total. The number of nitro groups is 1. The van der Waals surface area contributed by atoms with Gasteiger partial charge in [0, 0.05) is 29.3 Å². The number of hydrogen-bond acceptors (Lipinski definition) is 6. The highest BCUT2D eigenvalue weighted by Crippen LogP contribution is 2.33. The van der Waals surface area contributed by atoms with Crippen molar-refractivity contribution in [2.24, 2.45) is 4.99 Å². The van der Waals surface area contributed by atoms with Gasteiger partial charge in [-0.1, -0.05) is 12.1 Å². The van der Waals surface area contributed by atoms with Crippen LogP contribution in [0.25, 0.3) is 17.4 Å². The summed E-state index contributed by atoms with van der Waals surface area (Å²) >= 11 is 0. The number of non-ortho nitro benzene ring substituents is 1. The lowest BCUT2D eigenvalue weighted by Gasteiger charge is -2.07. The molecule has 0 radical (unpaired) electrons. The topological polar surface area (TPSA) is 94.9 Å². The Morgan fingerprint density at radius 2 is 1.74 bits per heavy atom. The Hall–Kier alpha value is -4.21. The van der Waals surface area contributed by atoms with Gasteiger partial charge in [0.25, 0.3) is 5.69 Å². The SMILES string of the molecule is O=C1OC(c2ccc([N+](=O)[O-])cc2)=N/C1=C/c1ccc(-c2cccc(C(F)(F)F)c2)o1. The summed E-state index contributed by atoms with van der Waals surface area (Å²) < 4.78 is 49.3. The summed E-state index contributed by atoms with van der Waals surface area (Å²) in [5.74, 6) is -0.418. The fraction of sp³-hybridized carbons (Fsp3) is 0.0476. The lowest BCUT2D eigenvalue weighted by atomic mass is 10.1. The average Bonchev–Trinajstić information content (AvgIpc) is 3.35. The van der Waals surface area contributed by atoms with Crippen LogP contribution in [-0.4, -0.2) is 16.8 Å². The number of cyclic esters (lactones) is 1. The zero-order chi connectivity index (χ0) is 22.2. The molecule has 156 valence electrons. The predicted octanol–water partition coefficient (Wildman–Crippen LogP) is 5.22. The van der Waals surface area contributed by atoms with Crippen molar-refractivity contribution < 1.29 is 32.0 Å². The maximum atomic E-state index is 12.9. The molecule has 2 heterocycles. The molecule has 31 heavy (non-hydrogen) atoms. The van der Waals surface area contributed by atoms with Gasteiger partial charge in [-0.3, -0.25) is 10.1 Å². The van der Waals surface area contributed by atoms with Crippen LogP contribution in [0.3, 0.4) is 0 Å². The van der Waals surface area contributed by atoms with E-state index in [0.29, 0.717) is 5.56 Å². The van der Waals surface area contributed by atoms with Gasteiger partial charge >= 0.3 is 12.1 Å². The number of hydrogen-bond donors (Lipinski definition) is 0. The smallest absolute Gasteiger partial charge is 0.416 e. The van der Waals surface area contributed by atoms with Crippen LogP contribution in [0, 0.1) is 10.1 Å². The molecular weight excluding hydrogens is 417 g/mol. The lowest BCUT2D eigenvalue weighted by Crippen LogP contribution is -2.05. The van der Waals surface area contributed by atoms with E-state index in [1.54, 1.807) is 0 Å². The number of nitrogens with zero attached hydrogens (tertiary/aromatic N) is 2. The van der Waals surface area contributed by atoms with Gasteiger partial charge in [0.05, 0.1) is 10.5 Å². The zero-order valence-electron chi connectivity index (χ0n) is 15.4. The number of carbonyl (C=O) groups is 1. The maximum absolute atomic E-state index is 12.9. The average molecular weight is 428 g/mol. The molecule has 10 heteroatoms. The molecule has 1 aromatic heterocycles. The molecule has 0 fully saturated rings. The molecule has 0 saturated carbocycles. The monoisotopic (exact) mass is 428 g/mol. The van der Waals surface area contributed by atoms with Crippen molar-refractivity contribution >= 4 is 23.6 Å². The van der Waals surface area contributed by atoms with Gasteiger partial charge < -0.3 is 9.15 Å². The molecule has 0 aliphatic carbocycles. The normalized spacial score (nSPS) is 15.1. The number of rotatable bonds is 4. The van der Waals surface area contributed by atoms with Crippen molar-refractivity contribution in [1.82, 2.24) is 0 Å². The Morgan fingerprint density at radius 1 is 1.00 bits per heavy atom. The van der Waals surface area contributed by atoms with Gasteiger partial charge in [-0.15, -0.1) is 0 Å². The molecule has 3 aromatic rings. The fourth-order valence-corrected chi connectivity index (χ4v) is 2.83. The van der Waals surface area contributed by atoms with Crippen LogP contribution in [0.1, 0.15) is 16.9 Å². The van der Waals surface area contributed by atoms with E-state index < -0.39 is 22.6 Å². The van der Waals surface area contributed by atoms with E-state index in [4.69, 9.17) is 9.15 Å². The molecule has 7 nitrogen and oxygen atoms in total. The third-order valence-corrected chi connectivity index (χ3v) is 4.33. The van der Waals surface area contributed by atoms with Crippen LogP contribution in [0.4, 0.5) is 18.9 Å². The molecule has 0 amide bonds. The largest absolute Gasteiger partial charge is 0.457 e. The molecule has 0 atom stereocenters. The van der Waals surface area contributed by atoms with E-state index in [2.05, 4.69) is 4.99 Å². The maximum Gasteiger partial charge on any atom is 0.416 e. The fourth-order valence-electron chi connectivity index (χ4n) is 2.83. The lowest BCUT2D eigenvalue weighted by molar-refractivity contribution is -0.384. The van der Waals surface area contributed by atoms with Gasteiger partial charge in [-0.2, -0.15) is 13.2 Å². The Bertz CT molecular complexity index is 1240. The van der Waals surface area contributed by atoms with Crippen LogP contribution in [0.15, 0.2) is 75.8 Å². The summed E-state index contributed by atoms with van der Waals surface area (Å²) in [6.07, 6.45) is -3.19. The van der Waals surface area contributed by atoms with E-state index in [-0.39, 0.29) is 34.4 Å². The number of carbonyl (C=O) groups excluding carboxylic acids is 1. The molecule has 1 aliphatic heterocycles. The summed E-state index contributed by atoms with van der Waals surface area (Å²) in [5, 5.41) is 10.7. The summed E-state index contributed by atoms with van der Waals surface area (Å²) in [7, 11) is 0. The standard InChI is InChI=1S/C21H11F3N2O5/c22-21(23,24)14-3-1-2-13(10-14)18-9-8-16(30-18)11-17-20(27)31-19(25-17)12-4-6-15(7-5-12)26(28)29/h1-11H/b17-11+. The van der Waals surface area contributed by atoms with Crippen molar-refractivity contribution in [3.05, 3.63) is 93.4 Å². The predicted molar refractivity (Wildman–Crippen MR) is 103 cm³/mol. The van der Waals surface area contributed by atoms with Crippen LogP contribution in [-0.2, 0) is 15.7 Å². The molecule has 1 aliphatic rings. The molecule has 0 saturated heterocycles. The van der Waals surface area contributed by atoms with E-state index in [9.17, 15) is 28.1 Å². The minimum absolute atomic E-state index is 0.0317. The van der Waals surface area contributed by atoms with E-state index >= 15 is 0 Å². The highest BCUT2D eigenvalue weighted by Gasteiger charge is 2.30. The second kappa shape index (κ2) is 7.56. The van der Waals surface area contributed by atoms with Crippen molar-refractivity contribution in [2.45, 2.75) is 6.18 Å². The number of alkyl halides is 3. The zero-order valence-corrected chi connectivity index (χ0v) is 15.4. The second-order valence-electron chi connectivity index (χ2n) is 6.42. The first-order valence-corrected chi connectivity index (χ1v) is 8.75. The molecule has 0 bridgehead atoms. The van der Waals surface area contributed by atoms with Gasteiger partial charge in [0.1, 0.15) is 11.5 Å². The number of benzene rings is 2. The van der Waals surface area contributed by atoms with Crippen molar-refractivity contribution in [3.63, 3.8) is 0 Å². The highest BCUT2D eigenvalue weighted by atomic mass is 19.4. The van der Waals surface area contributed by atoms with Gasteiger partial charge in [0.2, 0.25) is 5.90 Å². The van der Waals surface area contributed by atoms with E-state index in [1.807, 2.05) is 0 Å². The summed E-state index contributed by atoms with van der Waals surface area (Å²) in [5.41, 5.74) is -0.423. The molecule has 2 aromatic carbocycles. The van der Waals surface area contributed by atoms with Crippen molar-refractivity contribution in [3.8, 4) is 11.3 Å². The summed E-state index contributed by atoms with van der Waals surface area (Å²) in [4.78, 5) is 26.3. The minimum atomic E-state index is -4.48. The Kier molecular flexibility index (Phi) is 4.90. The van der Waals surface area contributed by atoms with Gasteiger partial charge in [-0.05, 0) is 36.4 Å². The number of nitro benzene ring substituents is 1. The molecule has 0 spiro atoms. The molecule has 4 rings (SSSR count). The third kappa shape index (κ3) is 4.22. The number of esters is 1. The van der Waals surface area contributed by atoms with Crippen LogP contribution >= 0.6 is 0 Å². The first-order chi connectivity index (χ1) is 14.7. The minimum Gasteiger partial charge on any atom is -0.457 e. The summed E-state index contributed by atoms with van der Waals surface area (Å²) in [6, 6.07) is 12.9. The van der Waals surface area contributed by atoms with Crippen LogP contribution in [0.2, 0.25) is 0 Å². The first-order valence-electron chi connectivity index (χ1n) is 8.75. The Balaban J connectivity index is 1.59. The number of furan rings is 1. The van der Waals surface area contributed by atoms with Crippen molar-refractivity contribution in [1.29, 1.82) is 0 Å². The quantitative estimate of drug-likeness (QED) is 0.246. The van der Waals surface area contributed by atoms with Gasteiger partial charge in [0.15, 0.2) is 5.70 Å². The number of aliphatic imine (C=N–C) groups is 1. The molecule has 0 unspecified atom stereocenters. The van der Waals surface area contributed by atoms with E-state index in [0.717, 1.165) is 12.1 Å². The van der Waals surface area contributed by atoms with E-state index in [1.165, 1.54) is 54.6 Å².